The molecular weight excluding hydrogens is 260 g/mol. The normalized spacial score (nSPS) is 12.4. The Morgan fingerprint density at radius 1 is 1.05 bits per heavy atom. The lowest BCUT2D eigenvalue weighted by Crippen LogP contribution is -2.30. The van der Waals surface area contributed by atoms with Crippen molar-refractivity contribution in [3.63, 3.8) is 0 Å². The molecule has 1 unspecified atom stereocenters. The van der Waals surface area contributed by atoms with Gasteiger partial charge in [-0.2, -0.15) is 0 Å². The first kappa shape index (κ1) is 15.5. The fourth-order valence-corrected chi connectivity index (χ4v) is 2.70. The van der Waals surface area contributed by atoms with E-state index in [4.69, 9.17) is 0 Å². The average Bonchev–Trinajstić information content (AvgIpc) is 2.40. The van der Waals surface area contributed by atoms with Gasteiger partial charge in [-0.15, -0.1) is 0 Å². The Morgan fingerprint density at radius 2 is 1.71 bits per heavy atom. The van der Waals surface area contributed by atoms with Crippen molar-refractivity contribution in [3.05, 3.63) is 69.1 Å². The number of aromatic nitrogens is 1. The van der Waals surface area contributed by atoms with Gasteiger partial charge in [-0.25, -0.2) is 0 Å². The highest BCUT2D eigenvalue weighted by atomic mass is 16.1. The lowest BCUT2D eigenvalue weighted by atomic mass is 10.0. The van der Waals surface area contributed by atoms with Gasteiger partial charge < -0.3 is 9.88 Å². The Labute approximate surface area is 126 Å². The molecule has 1 aromatic carbocycles. The molecule has 1 N–H and O–H groups in total. The van der Waals surface area contributed by atoms with Gasteiger partial charge in [0.25, 0.3) is 5.56 Å². The second kappa shape index (κ2) is 6.72. The molecule has 3 heteroatoms. The molecule has 112 valence electrons. The molecule has 1 aromatic heterocycles. The molecule has 0 fully saturated rings. The second-order valence-electron chi connectivity index (χ2n) is 5.73. The molecule has 2 aromatic rings. The third kappa shape index (κ3) is 4.05. The van der Waals surface area contributed by atoms with Crippen LogP contribution in [0, 0.1) is 20.8 Å². The van der Waals surface area contributed by atoms with Gasteiger partial charge in [0.05, 0.1) is 6.04 Å². The van der Waals surface area contributed by atoms with Gasteiger partial charge in [0, 0.05) is 18.8 Å². The number of pyridine rings is 1. The Morgan fingerprint density at radius 3 is 2.29 bits per heavy atom. The first-order valence-corrected chi connectivity index (χ1v) is 7.48. The predicted molar refractivity (Wildman–Crippen MR) is 87.8 cm³/mol. The quantitative estimate of drug-likeness (QED) is 0.915. The number of hydrogen-bond donors (Lipinski definition) is 1. The van der Waals surface area contributed by atoms with E-state index in [1.807, 2.05) is 19.2 Å². The van der Waals surface area contributed by atoms with E-state index in [1.165, 1.54) is 16.7 Å². The van der Waals surface area contributed by atoms with Gasteiger partial charge in [0.2, 0.25) is 0 Å². The largest absolute Gasteiger partial charge is 0.314 e. The highest BCUT2D eigenvalue weighted by molar-refractivity contribution is 5.30. The van der Waals surface area contributed by atoms with Crippen LogP contribution in [0.25, 0.3) is 0 Å². The van der Waals surface area contributed by atoms with Crippen LogP contribution in [0.5, 0.6) is 0 Å². The van der Waals surface area contributed by atoms with E-state index in [-0.39, 0.29) is 11.6 Å². The minimum absolute atomic E-state index is 0.0577. The maximum atomic E-state index is 12.1. The van der Waals surface area contributed by atoms with E-state index in [9.17, 15) is 4.79 Å². The van der Waals surface area contributed by atoms with Crippen LogP contribution in [0.4, 0.5) is 0 Å². The van der Waals surface area contributed by atoms with Gasteiger partial charge in [0.15, 0.2) is 0 Å². The SMILES string of the molecule is CCNC(Cn1ccc(C)cc1=O)c1cc(C)cc(C)c1. The molecule has 0 bridgehead atoms. The summed E-state index contributed by atoms with van der Waals surface area (Å²) in [6.07, 6.45) is 1.88. The topological polar surface area (TPSA) is 34.0 Å². The molecule has 1 atom stereocenters. The zero-order chi connectivity index (χ0) is 15.4. The Hall–Kier alpha value is -1.87. The summed E-state index contributed by atoms with van der Waals surface area (Å²) >= 11 is 0. The van der Waals surface area contributed by atoms with Gasteiger partial charge in [-0.05, 0) is 44.5 Å². The molecule has 2 rings (SSSR count). The lowest BCUT2D eigenvalue weighted by molar-refractivity contribution is 0.466. The summed E-state index contributed by atoms with van der Waals surface area (Å²) in [5.74, 6) is 0. The third-order valence-electron chi connectivity index (χ3n) is 3.63. The lowest BCUT2D eigenvalue weighted by Gasteiger charge is -2.21. The molecule has 0 saturated heterocycles. The molecule has 0 aliphatic rings. The van der Waals surface area contributed by atoms with Gasteiger partial charge >= 0.3 is 0 Å². The number of nitrogens with one attached hydrogen (secondary N) is 1. The third-order valence-corrected chi connectivity index (χ3v) is 3.63. The molecule has 0 saturated carbocycles. The number of nitrogens with zero attached hydrogens (tertiary/aromatic N) is 1. The molecule has 0 amide bonds. The van der Waals surface area contributed by atoms with Crippen LogP contribution < -0.4 is 10.9 Å². The summed E-state index contributed by atoms with van der Waals surface area (Å²) in [4.78, 5) is 12.1. The minimum atomic E-state index is 0.0577. The Bertz CT molecular complexity index is 653. The van der Waals surface area contributed by atoms with Crippen LogP contribution in [0.3, 0.4) is 0 Å². The van der Waals surface area contributed by atoms with Crippen LogP contribution in [0.15, 0.2) is 41.3 Å². The van der Waals surface area contributed by atoms with Gasteiger partial charge in [0.1, 0.15) is 0 Å². The highest BCUT2D eigenvalue weighted by Crippen LogP contribution is 2.18. The predicted octanol–water partition coefficient (Wildman–Crippen LogP) is 3.12. The molecule has 3 nitrogen and oxygen atoms in total. The van der Waals surface area contributed by atoms with E-state index in [0.29, 0.717) is 6.54 Å². The van der Waals surface area contributed by atoms with E-state index < -0.39 is 0 Å². The summed E-state index contributed by atoms with van der Waals surface area (Å²) in [7, 11) is 0. The zero-order valence-corrected chi connectivity index (χ0v) is 13.3. The fraction of sp³-hybridized carbons (Fsp3) is 0.389. The summed E-state index contributed by atoms with van der Waals surface area (Å²) < 4.78 is 1.78. The van der Waals surface area contributed by atoms with Crippen LogP contribution in [-0.2, 0) is 6.54 Å². The van der Waals surface area contributed by atoms with Gasteiger partial charge in [-0.1, -0.05) is 36.2 Å². The van der Waals surface area contributed by atoms with Crippen molar-refractivity contribution in [3.8, 4) is 0 Å². The molecule has 0 spiro atoms. The van der Waals surface area contributed by atoms with Crippen LogP contribution in [-0.4, -0.2) is 11.1 Å². The maximum absolute atomic E-state index is 12.1. The smallest absolute Gasteiger partial charge is 0.250 e. The summed E-state index contributed by atoms with van der Waals surface area (Å²) in [5, 5.41) is 3.48. The van der Waals surface area contributed by atoms with Crippen molar-refractivity contribution in [2.24, 2.45) is 0 Å². The van der Waals surface area contributed by atoms with Crippen molar-refractivity contribution in [2.45, 2.75) is 40.3 Å². The van der Waals surface area contributed by atoms with Crippen molar-refractivity contribution < 1.29 is 0 Å². The molecule has 0 radical (unpaired) electrons. The first-order chi connectivity index (χ1) is 9.99. The summed E-state index contributed by atoms with van der Waals surface area (Å²) in [6, 6.07) is 10.4. The molecule has 21 heavy (non-hydrogen) atoms. The first-order valence-electron chi connectivity index (χ1n) is 7.48. The van der Waals surface area contributed by atoms with E-state index in [0.717, 1.165) is 12.1 Å². The molecule has 0 aliphatic carbocycles. The molecule has 0 aliphatic heterocycles. The minimum Gasteiger partial charge on any atom is -0.314 e. The fourth-order valence-electron chi connectivity index (χ4n) is 2.70. The number of benzene rings is 1. The van der Waals surface area contributed by atoms with E-state index in [1.54, 1.807) is 10.6 Å². The van der Waals surface area contributed by atoms with Crippen molar-refractivity contribution in [1.82, 2.24) is 9.88 Å². The van der Waals surface area contributed by atoms with Crippen molar-refractivity contribution in [2.75, 3.05) is 6.54 Å². The standard InChI is InChI=1S/C18H24N2O/c1-5-19-17(16-9-14(3)8-15(4)10-16)12-20-7-6-13(2)11-18(20)21/h6-11,17,19H,5,12H2,1-4H3. The Kier molecular flexibility index (Phi) is 4.97. The second-order valence-corrected chi connectivity index (χ2v) is 5.73. The molecular formula is C18H24N2O. The number of hydrogen-bond acceptors (Lipinski definition) is 2. The van der Waals surface area contributed by atoms with E-state index >= 15 is 0 Å². The van der Waals surface area contributed by atoms with Gasteiger partial charge in [-0.3, -0.25) is 4.79 Å². The average molecular weight is 284 g/mol. The van der Waals surface area contributed by atoms with Crippen molar-refractivity contribution in [1.29, 1.82) is 0 Å². The van der Waals surface area contributed by atoms with E-state index in [2.05, 4.69) is 44.3 Å². The summed E-state index contributed by atoms with van der Waals surface area (Å²) in [5.41, 5.74) is 4.81. The number of aryl methyl sites for hydroxylation is 3. The summed E-state index contributed by atoms with van der Waals surface area (Å²) in [6.45, 7) is 9.77. The monoisotopic (exact) mass is 284 g/mol. The van der Waals surface area contributed by atoms with Crippen molar-refractivity contribution >= 4 is 0 Å². The number of rotatable bonds is 5. The Balaban J connectivity index is 2.32. The van der Waals surface area contributed by atoms with Crippen LogP contribution in [0.1, 0.15) is 35.2 Å². The zero-order valence-electron chi connectivity index (χ0n) is 13.3. The van der Waals surface area contributed by atoms with Crippen LogP contribution in [0.2, 0.25) is 0 Å². The molecule has 1 heterocycles. The number of likely N-dealkylation sites (N-methyl/N-ethyl adjacent to an activating group) is 1. The maximum Gasteiger partial charge on any atom is 0.250 e. The highest BCUT2D eigenvalue weighted by Gasteiger charge is 2.12. The van der Waals surface area contributed by atoms with Crippen LogP contribution >= 0.6 is 0 Å².